The number of fused-ring (bicyclic) bond motifs is 1. The molecule has 1 aromatic heterocycles. The van der Waals surface area contributed by atoms with Crippen molar-refractivity contribution in [3.05, 3.63) is 82.7 Å². The fourth-order valence-electron chi connectivity index (χ4n) is 4.36. The second-order valence-corrected chi connectivity index (χ2v) is 9.25. The van der Waals surface area contributed by atoms with Gasteiger partial charge in [-0.05, 0) is 56.9 Å². The first-order valence-electron chi connectivity index (χ1n) is 11.5. The number of amides is 2. The highest BCUT2D eigenvalue weighted by molar-refractivity contribution is 6.09. The first-order chi connectivity index (χ1) is 16.2. The molecule has 7 nitrogen and oxygen atoms in total. The molecule has 34 heavy (non-hydrogen) atoms. The number of carbonyl (C=O) groups is 2. The van der Waals surface area contributed by atoms with Crippen molar-refractivity contribution in [1.82, 2.24) is 9.78 Å². The van der Waals surface area contributed by atoms with Crippen molar-refractivity contribution in [2.24, 2.45) is 5.92 Å². The Balaban J connectivity index is 1.65. The summed E-state index contributed by atoms with van der Waals surface area (Å²) in [6, 6.07) is 15.0. The second kappa shape index (κ2) is 9.55. The number of aromatic nitrogens is 2. The molecule has 1 aliphatic heterocycles. The van der Waals surface area contributed by atoms with Gasteiger partial charge < -0.3 is 16.0 Å². The number of hydrogen-bond acceptors (Lipinski definition) is 4. The molecule has 0 saturated heterocycles. The fraction of sp³-hybridized carbons (Fsp3) is 0.296. The molecule has 0 aliphatic carbocycles. The monoisotopic (exact) mass is 457 g/mol. The number of nitrogens with one attached hydrogen (secondary N) is 3. The molecule has 0 spiro atoms. The summed E-state index contributed by atoms with van der Waals surface area (Å²) in [7, 11) is 0. The van der Waals surface area contributed by atoms with E-state index in [0.29, 0.717) is 35.0 Å². The van der Waals surface area contributed by atoms with E-state index in [9.17, 15) is 9.59 Å². The average Bonchev–Trinajstić information content (AvgIpc) is 3.20. The quantitative estimate of drug-likeness (QED) is 0.444. The molecule has 0 bridgehead atoms. The lowest BCUT2D eigenvalue weighted by Gasteiger charge is -2.31. The smallest absolute Gasteiger partial charge is 0.261 e. The van der Waals surface area contributed by atoms with E-state index in [2.05, 4.69) is 34.9 Å². The molecule has 0 saturated carbocycles. The van der Waals surface area contributed by atoms with Gasteiger partial charge in [-0.2, -0.15) is 5.10 Å². The number of allylic oxidation sites excluding steroid dienone is 1. The van der Waals surface area contributed by atoms with Gasteiger partial charge in [-0.15, -0.1) is 0 Å². The Morgan fingerprint density at radius 1 is 1.03 bits per heavy atom. The Labute approximate surface area is 200 Å². The predicted molar refractivity (Wildman–Crippen MR) is 136 cm³/mol. The summed E-state index contributed by atoms with van der Waals surface area (Å²) < 4.78 is 1.77. The number of carbonyl (C=O) groups excluding carboxylic acids is 2. The van der Waals surface area contributed by atoms with Crippen molar-refractivity contribution in [1.29, 1.82) is 0 Å². The highest BCUT2D eigenvalue weighted by Gasteiger charge is 2.34. The standard InChI is InChI=1S/C27H31N5O2/c1-16(2)13-23-24(27(34)31-22-12-11-17(3)14-18(22)4)19(5)29-25-21(15-28-32(23)25)26(33)30-20-9-7-6-8-10-20/h6-12,14-16,23,29H,13H2,1-5H3,(H,30,33)(H,31,34)/t23-/m1/s1. The Morgan fingerprint density at radius 2 is 1.76 bits per heavy atom. The summed E-state index contributed by atoms with van der Waals surface area (Å²) in [6.45, 7) is 10.1. The molecular weight excluding hydrogens is 426 g/mol. The summed E-state index contributed by atoms with van der Waals surface area (Å²) >= 11 is 0. The fourth-order valence-corrected chi connectivity index (χ4v) is 4.36. The van der Waals surface area contributed by atoms with Crippen LogP contribution in [0.15, 0.2) is 66.0 Å². The number of hydrogen-bond donors (Lipinski definition) is 3. The van der Waals surface area contributed by atoms with E-state index in [0.717, 1.165) is 22.5 Å². The maximum absolute atomic E-state index is 13.5. The van der Waals surface area contributed by atoms with Crippen LogP contribution in [-0.2, 0) is 4.79 Å². The number of rotatable bonds is 6. The zero-order valence-corrected chi connectivity index (χ0v) is 20.3. The Hall–Kier alpha value is -3.87. The van der Waals surface area contributed by atoms with E-state index in [1.807, 2.05) is 69.3 Å². The zero-order valence-electron chi connectivity index (χ0n) is 20.3. The van der Waals surface area contributed by atoms with Crippen LogP contribution in [-0.4, -0.2) is 21.6 Å². The van der Waals surface area contributed by atoms with Crippen molar-refractivity contribution in [2.45, 2.75) is 47.1 Å². The van der Waals surface area contributed by atoms with Crippen LogP contribution in [0.4, 0.5) is 17.2 Å². The zero-order chi connectivity index (χ0) is 24.4. The first kappa shape index (κ1) is 23.3. The minimum Gasteiger partial charge on any atom is -0.343 e. The molecule has 3 aromatic rings. The van der Waals surface area contributed by atoms with Crippen LogP contribution in [0.3, 0.4) is 0 Å². The molecular formula is C27H31N5O2. The molecule has 7 heteroatoms. The van der Waals surface area contributed by atoms with E-state index >= 15 is 0 Å². The minimum atomic E-state index is -0.291. The molecule has 2 heterocycles. The molecule has 0 radical (unpaired) electrons. The van der Waals surface area contributed by atoms with Crippen LogP contribution in [0.2, 0.25) is 0 Å². The topological polar surface area (TPSA) is 88.0 Å². The summed E-state index contributed by atoms with van der Waals surface area (Å²) in [5, 5.41) is 13.8. The van der Waals surface area contributed by atoms with Crippen LogP contribution in [0.1, 0.15) is 54.7 Å². The molecule has 4 rings (SSSR count). The third-order valence-electron chi connectivity index (χ3n) is 5.98. The van der Waals surface area contributed by atoms with Gasteiger partial charge in [-0.3, -0.25) is 9.59 Å². The third kappa shape index (κ3) is 4.73. The van der Waals surface area contributed by atoms with Crippen LogP contribution in [0.25, 0.3) is 0 Å². The van der Waals surface area contributed by atoms with E-state index in [1.54, 1.807) is 10.9 Å². The SMILES string of the molecule is CC1=C(C(=O)Nc2ccc(C)cc2C)[C@@H](CC(C)C)n2ncc(C(=O)Nc3ccccc3)c2N1. The van der Waals surface area contributed by atoms with Gasteiger partial charge in [0.25, 0.3) is 11.8 Å². The van der Waals surface area contributed by atoms with Gasteiger partial charge in [0.05, 0.1) is 17.8 Å². The first-order valence-corrected chi connectivity index (χ1v) is 11.5. The Bertz CT molecular complexity index is 1260. The summed E-state index contributed by atoms with van der Waals surface area (Å²) in [6.07, 6.45) is 2.27. The summed E-state index contributed by atoms with van der Waals surface area (Å²) in [4.78, 5) is 26.5. The number of anilines is 3. The number of para-hydroxylation sites is 1. The molecule has 1 atom stereocenters. The van der Waals surface area contributed by atoms with Crippen LogP contribution in [0.5, 0.6) is 0 Å². The lowest BCUT2D eigenvalue weighted by molar-refractivity contribution is -0.113. The lowest BCUT2D eigenvalue weighted by atomic mass is 9.93. The highest BCUT2D eigenvalue weighted by Crippen LogP contribution is 2.37. The molecule has 2 amide bonds. The predicted octanol–water partition coefficient (Wildman–Crippen LogP) is 5.68. The van der Waals surface area contributed by atoms with Gasteiger partial charge in [-0.25, -0.2) is 4.68 Å². The van der Waals surface area contributed by atoms with E-state index in [1.165, 1.54) is 0 Å². The third-order valence-corrected chi connectivity index (χ3v) is 5.98. The van der Waals surface area contributed by atoms with Crippen LogP contribution < -0.4 is 16.0 Å². The molecule has 1 aliphatic rings. The molecule has 176 valence electrons. The summed E-state index contributed by atoms with van der Waals surface area (Å²) in [5.74, 6) is 0.497. The van der Waals surface area contributed by atoms with Gasteiger partial charge >= 0.3 is 0 Å². The van der Waals surface area contributed by atoms with Crippen molar-refractivity contribution in [3.8, 4) is 0 Å². The van der Waals surface area contributed by atoms with Crippen molar-refractivity contribution in [3.63, 3.8) is 0 Å². The molecule has 3 N–H and O–H groups in total. The maximum Gasteiger partial charge on any atom is 0.261 e. The largest absolute Gasteiger partial charge is 0.343 e. The second-order valence-electron chi connectivity index (χ2n) is 9.25. The average molecular weight is 458 g/mol. The number of nitrogens with zero attached hydrogens (tertiary/aromatic N) is 2. The van der Waals surface area contributed by atoms with E-state index in [-0.39, 0.29) is 17.9 Å². The lowest BCUT2D eigenvalue weighted by Crippen LogP contribution is -2.32. The Morgan fingerprint density at radius 3 is 2.44 bits per heavy atom. The van der Waals surface area contributed by atoms with Gasteiger partial charge in [-0.1, -0.05) is 49.7 Å². The highest BCUT2D eigenvalue weighted by atomic mass is 16.2. The van der Waals surface area contributed by atoms with Gasteiger partial charge in [0.15, 0.2) is 0 Å². The van der Waals surface area contributed by atoms with Gasteiger partial charge in [0.1, 0.15) is 11.4 Å². The van der Waals surface area contributed by atoms with Crippen LogP contribution >= 0.6 is 0 Å². The molecule has 2 aromatic carbocycles. The van der Waals surface area contributed by atoms with Gasteiger partial charge in [0, 0.05) is 17.1 Å². The van der Waals surface area contributed by atoms with E-state index < -0.39 is 0 Å². The number of aryl methyl sites for hydroxylation is 2. The van der Waals surface area contributed by atoms with Crippen molar-refractivity contribution in [2.75, 3.05) is 16.0 Å². The normalized spacial score (nSPS) is 15.1. The Kier molecular flexibility index (Phi) is 6.54. The van der Waals surface area contributed by atoms with Crippen LogP contribution in [0, 0.1) is 19.8 Å². The number of benzene rings is 2. The van der Waals surface area contributed by atoms with Gasteiger partial charge in [0.2, 0.25) is 0 Å². The van der Waals surface area contributed by atoms with Crippen molar-refractivity contribution < 1.29 is 9.59 Å². The summed E-state index contributed by atoms with van der Waals surface area (Å²) in [5.41, 5.74) is 5.43. The molecule has 0 fully saturated rings. The van der Waals surface area contributed by atoms with E-state index in [4.69, 9.17) is 0 Å². The maximum atomic E-state index is 13.5. The minimum absolute atomic E-state index is 0.168. The molecule has 0 unspecified atom stereocenters. The van der Waals surface area contributed by atoms with Crippen molar-refractivity contribution >= 4 is 29.0 Å².